The van der Waals surface area contributed by atoms with Gasteiger partial charge < -0.3 is 5.11 Å². The van der Waals surface area contributed by atoms with Gasteiger partial charge in [0.2, 0.25) is 0 Å². The minimum Gasteiger partial charge on any atom is -0.385 e. The van der Waals surface area contributed by atoms with Crippen LogP contribution in [0.15, 0.2) is 16.6 Å². The quantitative estimate of drug-likeness (QED) is 0.530. The Morgan fingerprint density at radius 1 is 1.21 bits per heavy atom. The van der Waals surface area contributed by atoms with Crippen molar-refractivity contribution in [3.63, 3.8) is 0 Å². The largest absolute Gasteiger partial charge is 0.385 e. The molecule has 1 aromatic carbocycles. The van der Waals surface area contributed by atoms with Gasteiger partial charge in [0.1, 0.15) is 5.82 Å². The number of halogens is 3. The molecule has 1 atom stereocenters. The zero-order valence-electron chi connectivity index (χ0n) is 11.3. The summed E-state index contributed by atoms with van der Waals surface area (Å²) in [5.41, 5.74) is -0.555. The molecule has 0 radical (unpaired) electrons. The zero-order valence-corrected chi connectivity index (χ0v) is 13.6. The molecule has 1 saturated carbocycles. The highest BCUT2D eigenvalue weighted by Crippen LogP contribution is 2.44. The maximum absolute atomic E-state index is 14.3. The van der Waals surface area contributed by atoms with E-state index in [9.17, 15) is 9.50 Å². The first-order valence-corrected chi connectivity index (χ1v) is 7.79. The van der Waals surface area contributed by atoms with Crippen molar-refractivity contribution in [1.82, 2.24) is 0 Å². The van der Waals surface area contributed by atoms with Crippen molar-refractivity contribution in [2.24, 2.45) is 5.41 Å². The summed E-state index contributed by atoms with van der Waals surface area (Å²) < 4.78 is 14.8. The van der Waals surface area contributed by atoms with E-state index in [1.807, 2.05) is 0 Å². The summed E-state index contributed by atoms with van der Waals surface area (Å²) in [6.45, 7) is 4.40. The molecule has 0 spiro atoms. The molecular weight excluding hydrogens is 331 g/mol. The van der Waals surface area contributed by atoms with Crippen LogP contribution in [0.4, 0.5) is 4.39 Å². The summed E-state index contributed by atoms with van der Waals surface area (Å²) in [7, 11) is 0. The number of rotatable bonds is 1. The van der Waals surface area contributed by atoms with Gasteiger partial charge in [0.25, 0.3) is 0 Å². The second kappa shape index (κ2) is 5.34. The average molecular weight is 350 g/mol. The van der Waals surface area contributed by atoms with E-state index >= 15 is 0 Å². The third kappa shape index (κ3) is 3.14. The van der Waals surface area contributed by atoms with E-state index in [2.05, 4.69) is 29.8 Å². The summed E-state index contributed by atoms with van der Waals surface area (Å²) in [5.74, 6) is -0.502. The van der Waals surface area contributed by atoms with Crippen LogP contribution in [0.2, 0.25) is 5.02 Å². The fraction of sp³-hybridized carbons (Fsp3) is 0.600. The highest BCUT2D eigenvalue weighted by atomic mass is 79.9. The van der Waals surface area contributed by atoms with Gasteiger partial charge in [-0.2, -0.15) is 0 Å². The van der Waals surface area contributed by atoms with E-state index in [1.54, 1.807) is 12.1 Å². The lowest BCUT2D eigenvalue weighted by Crippen LogP contribution is -2.26. The highest BCUT2D eigenvalue weighted by Gasteiger charge is 2.37. The van der Waals surface area contributed by atoms with Gasteiger partial charge in [0, 0.05) is 10.0 Å². The van der Waals surface area contributed by atoms with Crippen molar-refractivity contribution in [1.29, 1.82) is 0 Å². The monoisotopic (exact) mass is 348 g/mol. The molecule has 0 aliphatic heterocycles. The first kappa shape index (κ1) is 15.3. The van der Waals surface area contributed by atoms with Gasteiger partial charge in [-0.15, -0.1) is 0 Å². The third-order valence-corrected chi connectivity index (χ3v) is 5.45. The highest BCUT2D eigenvalue weighted by molar-refractivity contribution is 9.10. The van der Waals surface area contributed by atoms with Gasteiger partial charge in [0.05, 0.1) is 10.6 Å². The Hall–Kier alpha value is -0.120. The first-order valence-electron chi connectivity index (χ1n) is 6.62. The topological polar surface area (TPSA) is 20.2 Å². The predicted molar refractivity (Wildman–Crippen MR) is 79.9 cm³/mol. The molecular formula is C15H19BrClFO. The Morgan fingerprint density at radius 2 is 1.89 bits per heavy atom. The smallest absolute Gasteiger partial charge is 0.149 e. The summed E-state index contributed by atoms with van der Waals surface area (Å²) in [6, 6.07) is 3.35. The number of hydrogen-bond acceptors (Lipinski definition) is 1. The lowest BCUT2D eigenvalue weighted by atomic mass is 9.82. The molecule has 0 heterocycles. The zero-order chi connectivity index (χ0) is 14.3. The van der Waals surface area contributed by atoms with Crippen molar-refractivity contribution in [3.05, 3.63) is 33.0 Å². The van der Waals surface area contributed by atoms with Gasteiger partial charge in [-0.05, 0) is 59.5 Å². The molecule has 0 amide bonds. The van der Waals surface area contributed by atoms with Crippen molar-refractivity contribution in [3.8, 4) is 0 Å². The normalized spacial score (nSPS) is 27.1. The molecule has 2 rings (SSSR count). The van der Waals surface area contributed by atoms with Crippen LogP contribution in [0, 0.1) is 11.2 Å². The Balaban J connectivity index is 2.37. The number of benzene rings is 1. The maximum Gasteiger partial charge on any atom is 0.149 e. The first-order chi connectivity index (χ1) is 8.75. The molecule has 1 nitrogen and oxygen atoms in total. The molecule has 4 heteroatoms. The van der Waals surface area contributed by atoms with Crippen LogP contribution in [0.1, 0.15) is 51.5 Å². The summed E-state index contributed by atoms with van der Waals surface area (Å²) in [5, 5.41) is 10.9. The van der Waals surface area contributed by atoms with Crippen LogP contribution in [0.3, 0.4) is 0 Å². The molecule has 1 N–H and O–H groups in total. The standard InChI is InChI=1S/C15H19BrClFO/c1-14(2)6-3-7-15(19,9-8-14)10-4-5-11(16)12(17)13(10)18/h4-5,19H,3,6-9H2,1-2H3. The summed E-state index contributed by atoms with van der Waals surface area (Å²) in [4.78, 5) is 0. The molecule has 1 unspecified atom stereocenters. The molecule has 1 aromatic rings. The van der Waals surface area contributed by atoms with Crippen molar-refractivity contribution >= 4 is 27.5 Å². The molecule has 1 aliphatic carbocycles. The molecule has 0 saturated heterocycles. The minimum atomic E-state index is -1.10. The minimum absolute atomic E-state index is 0.0504. The van der Waals surface area contributed by atoms with E-state index in [0.717, 1.165) is 19.3 Å². The van der Waals surface area contributed by atoms with E-state index < -0.39 is 11.4 Å². The van der Waals surface area contributed by atoms with Crippen LogP contribution in [0.5, 0.6) is 0 Å². The maximum atomic E-state index is 14.3. The van der Waals surface area contributed by atoms with E-state index in [-0.39, 0.29) is 10.4 Å². The summed E-state index contributed by atoms with van der Waals surface area (Å²) in [6.07, 6.45) is 4.01. The van der Waals surface area contributed by atoms with Crippen LogP contribution >= 0.6 is 27.5 Å². The molecule has 1 fully saturated rings. The van der Waals surface area contributed by atoms with Crippen LogP contribution in [0.25, 0.3) is 0 Å². The van der Waals surface area contributed by atoms with E-state index in [4.69, 9.17) is 11.6 Å². The molecule has 19 heavy (non-hydrogen) atoms. The number of aliphatic hydroxyl groups is 1. The second-order valence-corrected chi connectivity index (χ2v) is 7.50. The SMILES string of the molecule is CC1(C)CCCC(O)(c2ccc(Br)c(Cl)c2F)CC1. The van der Waals surface area contributed by atoms with E-state index in [0.29, 0.717) is 22.9 Å². The molecule has 1 aliphatic rings. The Labute approximate surface area is 127 Å². The lowest BCUT2D eigenvalue weighted by Gasteiger charge is -2.29. The Morgan fingerprint density at radius 3 is 2.58 bits per heavy atom. The van der Waals surface area contributed by atoms with Gasteiger partial charge in [-0.1, -0.05) is 31.5 Å². The van der Waals surface area contributed by atoms with Gasteiger partial charge >= 0.3 is 0 Å². The van der Waals surface area contributed by atoms with Crippen molar-refractivity contribution in [2.75, 3.05) is 0 Å². The molecule has 0 bridgehead atoms. The predicted octanol–water partition coefficient (Wildman–Crippen LogP) is 5.42. The van der Waals surface area contributed by atoms with E-state index in [1.165, 1.54) is 0 Å². The van der Waals surface area contributed by atoms with Crippen LogP contribution < -0.4 is 0 Å². The van der Waals surface area contributed by atoms with Gasteiger partial charge in [-0.3, -0.25) is 0 Å². The lowest BCUT2D eigenvalue weighted by molar-refractivity contribution is 0.0147. The third-order valence-electron chi connectivity index (χ3n) is 4.20. The number of hydrogen-bond donors (Lipinski definition) is 1. The van der Waals surface area contributed by atoms with Crippen molar-refractivity contribution < 1.29 is 9.50 Å². The fourth-order valence-corrected chi connectivity index (χ4v) is 3.28. The Kier molecular flexibility index (Phi) is 4.29. The van der Waals surface area contributed by atoms with Gasteiger partial charge in [-0.25, -0.2) is 4.39 Å². The summed E-state index contributed by atoms with van der Waals surface area (Å²) >= 11 is 9.13. The van der Waals surface area contributed by atoms with Crippen LogP contribution in [-0.2, 0) is 5.60 Å². The second-order valence-electron chi connectivity index (χ2n) is 6.27. The molecule has 106 valence electrons. The fourth-order valence-electron chi connectivity index (χ4n) is 2.81. The average Bonchev–Trinajstić information content (AvgIpc) is 2.46. The Bertz CT molecular complexity index is 489. The van der Waals surface area contributed by atoms with Gasteiger partial charge in [0.15, 0.2) is 0 Å². The van der Waals surface area contributed by atoms with Crippen LogP contribution in [-0.4, -0.2) is 5.11 Å². The molecule has 0 aromatic heterocycles. The van der Waals surface area contributed by atoms with Crippen molar-refractivity contribution in [2.45, 2.75) is 51.6 Å².